The molecule has 53 heavy (non-hydrogen) atoms. The monoisotopic (exact) mass is 673 g/mol. The van der Waals surface area contributed by atoms with Gasteiger partial charge in [-0.15, -0.1) is 0 Å². The first-order valence-electron chi connectivity index (χ1n) is 18.3. The molecule has 10 aromatic rings. The van der Waals surface area contributed by atoms with Gasteiger partial charge in [-0.05, 0) is 102 Å². The van der Waals surface area contributed by atoms with Crippen LogP contribution in [0.3, 0.4) is 0 Å². The smallest absolute Gasteiger partial charge is 0.0546 e. The maximum absolute atomic E-state index is 2.52. The Balaban J connectivity index is 1.35. The molecular weight excluding hydrogens is 639 g/mol. The molecule has 0 saturated carbocycles. The Labute approximate surface area is 309 Å². The number of benzene rings is 10. The van der Waals surface area contributed by atoms with Crippen molar-refractivity contribution in [1.29, 1.82) is 0 Å². The predicted octanol–water partition coefficient (Wildman–Crippen LogP) is 14.8. The third kappa shape index (κ3) is 5.51. The topological polar surface area (TPSA) is 3.24 Å². The van der Waals surface area contributed by atoms with Gasteiger partial charge in [0.25, 0.3) is 0 Å². The Hall–Kier alpha value is -6.96. The molecule has 0 heterocycles. The van der Waals surface area contributed by atoms with Crippen LogP contribution in [0.25, 0.3) is 76.5 Å². The minimum Gasteiger partial charge on any atom is -0.309 e. The lowest BCUT2D eigenvalue weighted by molar-refractivity contribution is 1.31. The van der Waals surface area contributed by atoms with Gasteiger partial charge in [0, 0.05) is 16.6 Å². The number of anilines is 3. The lowest BCUT2D eigenvalue weighted by atomic mass is 9.92. The Kier molecular flexibility index (Phi) is 7.55. The van der Waals surface area contributed by atoms with E-state index in [0.717, 1.165) is 17.1 Å². The molecule has 1 nitrogen and oxygen atoms in total. The average molecular weight is 674 g/mol. The zero-order valence-electron chi connectivity index (χ0n) is 29.2. The SMILES string of the molecule is c1ccc(-c2cc(-c3ccccc3)cc(N(c3ccc4ccccc4c3-c3ccc4ccccc4c3)c3cc4ccccc4c4ccccc34)c2)cc1. The minimum atomic E-state index is 1.10. The van der Waals surface area contributed by atoms with Gasteiger partial charge < -0.3 is 4.90 Å². The summed E-state index contributed by atoms with van der Waals surface area (Å²) in [6.45, 7) is 0. The number of nitrogens with zero attached hydrogens (tertiary/aromatic N) is 1. The van der Waals surface area contributed by atoms with Crippen molar-refractivity contribution in [3.63, 3.8) is 0 Å². The summed E-state index contributed by atoms with van der Waals surface area (Å²) in [5.74, 6) is 0. The van der Waals surface area contributed by atoms with Gasteiger partial charge in [0.15, 0.2) is 0 Å². The second-order valence-corrected chi connectivity index (χ2v) is 13.7. The van der Waals surface area contributed by atoms with E-state index in [0.29, 0.717) is 0 Å². The van der Waals surface area contributed by atoms with E-state index < -0.39 is 0 Å². The normalized spacial score (nSPS) is 11.4. The lowest BCUT2D eigenvalue weighted by Gasteiger charge is -2.31. The van der Waals surface area contributed by atoms with Crippen LogP contribution in [0, 0.1) is 0 Å². The molecule has 0 saturated heterocycles. The van der Waals surface area contributed by atoms with E-state index >= 15 is 0 Å². The minimum absolute atomic E-state index is 1.10. The quantitative estimate of drug-likeness (QED) is 0.159. The molecule has 10 rings (SSSR count). The molecule has 0 aliphatic carbocycles. The summed E-state index contributed by atoms with van der Waals surface area (Å²) in [5.41, 5.74) is 10.5. The van der Waals surface area contributed by atoms with E-state index in [9.17, 15) is 0 Å². The number of hydrogen-bond acceptors (Lipinski definition) is 1. The average Bonchev–Trinajstić information content (AvgIpc) is 3.24. The molecule has 0 spiro atoms. The molecule has 0 radical (unpaired) electrons. The van der Waals surface area contributed by atoms with Crippen LogP contribution in [-0.4, -0.2) is 0 Å². The van der Waals surface area contributed by atoms with Crippen LogP contribution in [-0.2, 0) is 0 Å². The highest BCUT2D eigenvalue weighted by Crippen LogP contribution is 2.49. The van der Waals surface area contributed by atoms with Gasteiger partial charge in [-0.1, -0.05) is 176 Å². The van der Waals surface area contributed by atoms with Crippen LogP contribution in [0.1, 0.15) is 0 Å². The van der Waals surface area contributed by atoms with E-state index in [1.165, 1.54) is 76.5 Å². The fourth-order valence-electron chi connectivity index (χ4n) is 8.06. The largest absolute Gasteiger partial charge is 0.309 e. The fraction of sp³-hybridized carbons (Fsp3) is 0. The molecule has 0 atom stereocenters. The van der Waals surface area contributed by atoms with Crippen molar-refractivity contribution >= 4 is 60.2 Å². The Morgan fingerprint density at radius 1 is 0.245 bits per heavy atom. The highest BCUT2D eigenvalue weighted by Gasteiger charge is 2.23. The summed E-state index contributed by atoms with van der Waals surface area (Å²) in [6.07, 6.45) is 0. The highest BCUT2D eigenvalue weighted by molar-refractivity contribution is 6.16. The number of fused-ring (bicyclic) bond motifs is 5. The zero-order chi connectivity index (χ0) is 35.1. The van der Waals surface area contributed by atoms with Gasteiger partial charge in [-0.25, -0.2) is 0 Å². The first-order chi connectivity index (χ1) is 26.3. The van der Waals surface area contributed by atoms with E-state index in [1.807, 2.05) is 0 Å². The van der Waals surface area contributed by atoms with Gasteiger partial charge in [0.2, 0.25) is 0 Å². The Morgan fingerprint density at radius 3 is 1.47 bits per heavy atom. The lowest BCUT2D eigenvalue weighted by Crippen LogP contribution is -2.12. The number of hydrogen-bond donors (Lipinski definition) is 0. The standard InChI is InChI=1S/C52H35N/c1-3-15-36(16-4-1)43-32-44(37-17-5-2-6-18-37)34-45(33-43)53(51-35-41-22-10-11-23-46(41)48-25-13-14-26-49(48)51)50-30-29-39-20-9-12-24-47(39)52(50)42-28-27-38-19-7-8-21-40(38)31-42/h1-35H. The van der Waals surface area contributed by atoms with E-state index in [-0.39, 0.29) is 0 Å². The Morgan fingerprint density at radius 2 is 0.774 bits per heavy atom. The summed E-state index contributed by atoms with van der Waals surface area (Å²) in [5, 5.41) is 9.80. The van der Waals surface area contributed by atoms with Crippen molar-refractivity contribution in [2.24, 2.45) is 0 Å². The molecule has 0 N–H and O–H groups in total. The van der Waals surface area contributed by atoms with Crippen molar-refractivity contribution in [1.82, 2.24) is 0 Å². The molecule has 248 valence electrons. The zero-order valence-corrected chi connectivity index (χ0v) is 29.2. The van der Waals surface area contributed by atoms with E-state index in [4.69, 9.17) is 0 Å². The second-order valence-electron chi connectivity index (χ2n) is 13.7. The summed E-state index contributed by atoms with van der Waals surface area (Å²) in [4.78, 5) is 2.52. The molecule has 0 aliphatic rings. The predicted molar refractivity (Wildman–Crippen MR) is 227 cm³/mol. The van der Waals surface area contributed by atoms with Crippen LogP contribution in [0.2, 0.25) is 0 Å². The van der Waals surface area contributed by atoms with Gasteiger partial charge in [-0.3, -0.25) is 0 Å². The van der Waals surface area contributed by atoms with Crippen molar-refractivity contribution in [2.45, 2.75) is 0 Å². The first-order valence-corrected chi connectivity index (χ1v) is 18.3. The molecule has 0 aliphatic heterocycles. The van der Waals surface area contributed by atoms with Crippen LogP contribution in [0.15, 0.2) is 212 Å². The molecule has 0 amide bonds. The second kappa shape index (κ2) is 13.0. The first kappa shape index (κ1) is 30.8. The van der Waals surface area contributed by atoms with Gasteiger partial charge in [0.05, 0.1) is 11.4 Å². The fourth-order valence-corrected chi connectivity index (χ4v) is 8.06. The molecule has 0 fully saturated rings. The van der Waals surface area contributed by atoms with Crippen molar-refractivity contribution in [3.8, 4) is 33.4 Å². The van der Waals surface area contributed by atoms with Gasteiger partial charge in [0.1, 0.15) is 0 Å². The van der Waals surface area contributed by atoms with Crippen LogP contribution >= 0.6 is 0 Å². The highest BCUT2D eigenvalue weighted by atomic mass is 15.1. The van der Waals surface area contributed by atoms with Crippen LogP contribution in [0.5, 0.6) is 0 Å². The van der Waals surface area contributed by atoms with Gasteiger partial charge in [-0.2, -0.15) is 0 Å². The van der Waals surface area contributed by atoms with Gasteiger partial charge >= 0.3 is 0 Å². The van der Waals surface area contributed by atoms with E-state index in [1.54, 1.807) is 0 Å². The molecular formula is C52H35N. The maximum Gasteiger partial charge on any atom is 0.0546 e. The van der Waals surface area contributed by atoms with E-state index in [2.05, 4.69) is 217 Å². The molecule has 0 aromatic heterocycles. The summed E-state index contributed by atoms with van der Waals surface area (Å²) < 4.78 is 0. The van der Waals surface area contributed by atoms with Crippen LogP contribution < -0.4 is 4.90 Å². The van der Waals surface area contributed by atoms with Crippen LogP contribution in [0.4, 0.5) is 17.1 Å². The van der Waals surface area contributed by atoms with Crippen molar-refractivity contribution in [2.75, 3.05) is 4.90 Å². The Bertz CT molecular complexity index is 2890. The summed E-state index contributed by atoms with van der Waals surface area (Å²) in [6, 6.07) is 77.5. The molecule has 0 bridgehead atoms. The molecule has 0 unspecified atom stereocenters. The van der Waals surface area contributed by atoms with Crippen molar-refractivity contribution in [3.05, 3.63) is 212 Å². The third-order valence-corrected chi connectivity index (χ3v) is 10.6. The maximum atomic E-state index is 2.52. The number of rotatable bonds is 6. The van der Waals surface area contributed by atoms with Crippen molar-refractivity contribution < 1.29 is 0 Å². The summed E-state index contributed by atoms with van der Waals surface area (Å²) in [7, 11) is 0. The molecule has 10 aromatic carbocycles. The summed E-state index contributed by atoms with van der Waals surface area (Å²) >= 11 is 0. The molecule has 1 heteroatoms. The third-order valence-electron chi connectivity index (χ3n) is 10.6.